The van der Waals surface area contributed by atoms with Crippen LogP contribution in [0.2, 0.25) is 5.02 Å². The number of ether oxygens (including phenoxy) is 4. The summed E-state index contributed by atoms with van der Waals surface area (Å²) in [6.45, 7) is 10.7. The van der Waals surface area contributed by atoms with Gasteiger partial charge in [-0.2, -0.15) is 0 Å². The molecule has 2 fully saturated rings. The van der Waals surface area contributed by atoms with Crippen molar-refractivity contribution >= 4 is 29.2 Å². The van der Waals surface area contributed by atoms with Crippen molar-refractivity contribution in [3.63, 3.8) is 0 Å². The van der Waals surface area contributed by atoms with Crippen LogP contribution >= 0.6 is 11.6 Å². The number of hydrogen-bond acceptors (Lipinski definition) is 13. The molecule has 4 aromatic rings. The van der Waals surface area contributed by atoms with Crippen LogP contribution in [0.3, 0.4) is 0 Å². The van der Waals surface area contributed by atoms with Crippen molar-refractivity contribution in [3.8, 4) is 22.8 Å². The molecule has 1 aliphatic heterocycles. The summed E-state index contributed by atoms with van der Waals surface area (Å²) in [6.07, 6.45) is 12.1. The fourth-order valence-corrected chi connectivity index (χ4v) is 6.78. The van der Waals surface area contributed by atoms with Gasteiger partial charge in [-0.15, -0.1) is 10.2 Å². The highest BCUT2D eigenvalue weighted by atomic mass is 35.5. The van der Waals surface area contributed by atoms with Gasteiger partial charge in [0.05, 0.1) is 49.2 Å². The van der Waals surface area contributed by atoms with Crippen LogP contribution in [0.5, 0.6) is 11.6 Å². The highest BCUT2D eigenvalue weighted by Crippen LogP contribution is 2.36. The van der Waals surface area contributed by atoms with Crippen LogP contribution in [0.15, 0.2) is 43.1 Å². The quantitative estimate of drug-likeness (QED) is 0.136. The van der Waals surface area contributed by atoms with E-state index in [9.17, 15) is 4.79 Å². The normalized spacial score (nSPS) is 21.8. The van der Waals surface area contributed by atoms with Gasteiger partial charge >= 0.3 is 5.97 Å². The van der Waals surface area contributed by atoms with E-state index in [-0.39, 0.29) is 36.9 Å². The first-order chi connectivity index (χ1) is 24.2. The van der Waals surface area contributed by atoms with E-state index in [2.05, 4.69) is 49.6 Å². The lowest BCUT2D eigenvalue weighted by Crippen LogP contribution is -2.51. The molecule has 1 N–H and O–H groups in total. The summed E-state index contributed by atoms with van der Waals surface area (Å²) in [7, 11) is 0. The van der Waals surface area contributed by atoms with Gasteiger partial charge in [0.15, 0.2) is 0 Å². The van der Waals surface area contributed by atoms with Crippen LogP contribution in [0, 0.1) is 0 Å². The molecule has 0 bridgehead atoms. The molecule has 1 saturated carbocycles. The number of esters is 1. The van der Waals surface area contributed by atoms with Gasteiger partial charge in [0.25, 0.3) is 5.88 Å². The lowest BCUT2D eigenvalue weighted by Gasteiger charge is -2.42. The van der Waals surface area contributed by atoms with E-state index in [1.54, 1.807) is 23.1 Å². The van der Waals surface area contributed by atoms with Crippen LogP contribution < -0.4 is 14.8 Å². The number of hydrogen-bond donors (Lipinski definition) is 1. The van der Waals surface area contributed by atoms with E-state index in [4.69, 9.17) is 35.6 Å². The number of halogens is 1. The van der Waals surface area contributed by atoms with Crippen molar-refractivity contribution in [2.45, 2.75) is 96.7 Å². The molecule has 0 unspecified atom stereocenters. The van der Waals surface area contributed by atoms with Crippen molar-refractivity contribution in [2.24, 2.45) is 0 Å². The van der Waals surface area contributed by atoms with Gasteiger partial charge in [-0.25, -0.2) is 14.6 Å². The Hall–Kier alpha value is -4.34. The molecule has 6 rings (SSSR count). The first kappa shape index (κ1) is 35.5. The molecule has 1 aromatic carbocycles. The minimum Gasteiger partial charge on any atom is -0.487 e. The van der Waals surface area contributed by atoms with Crippen molar-refractivity contribution < 1.29 is 23.7 Å². The van der Waals surface area contributed by atoms with Crippen LogP contribution in [-0.4, -0.2) is 101 Å². The van der Waals surface area contributed by atoms with E-state index in [0.717, 1.165) is 49.9 Å². The highest BCUT2D eigenvalue weighted by molar-refractivity contribution is 6.32. The maximum absolute atomic E-state index is 11.2. The molecular formula is C34H45ClN10O5. The third kappa shape index (κ3) is 9.46. The molecule has 1 saturated heterocycles. The van der Waals surface area contributed by atoms with Crippen molar-refractivity contribution in [3.05, 3.63) is 48.1 Å². The standard InChI is InChI=1S/C34H45ClN10O5/c1-22-17-43(18-23(2)49-22)28-7-9-29(10-8-28)45-20-31(33(40-45)48-13-5-12-47-25(4)46)39-34-36-15-27(16-37-34)26-6-11-30(35)32(14-26)50-24(3)19-44-21-38-41-42-44/h6,11,14-16,20-24,28-29H,5,7-10,12-13,17-19H2,1-4H3,(H,36,37,39)/t22-,23+,24-,28?,29?/m0/s1. The van der Waals surface area contributed by atoms with E-state index in [0.29, 0.717) is 53.9 Å². The van der Waals surface area contributed by atoms with Gasteiger partial charge in [-0.1, -0.05) is 17.7 Å². The molecule has 15 nitrogen and oxygen atoms in total. The van der Waals surface area contributed by atoms with Crippen molar-refractivity contribution in [1.82, 2.24) is 44.9 Å². The van der Waals surface area contributed by atoms with E-state index < -0.39 is 0 Å². The number of rotatable bonds is 14. The monoisotopic (exact) mass is 708 g/mol. The molecule has 16 heteroatoms. The zero-order valence-electron chi connectivity index (χ0n) is 28.9. The SMILES string of the molecule is CC(=O)OCCCOc1nn(C2CCC(N3C[C@@H](C)O[C@@H](C)C3)CC2)cc1Nc1ncc(-c2ccc(Cl)c(O[C@@H](C)Cn3cnnn3)c2)cn1. The Balaban J connectivity index is 1.12. The second-order valence-electron chi connectivity index (χ2n) is 13.1. The van der Waals surface area contributed by atoms with Crippen LogP contribution in [0.25, 0.3) is 11.1 Å². The number of morpholine rings is 1. The predicted molar refractivity (Wildman–Crippen MR) is 186 cm³/mol. The Morgan fingerprint density at radius 3 is 2.50 bits per heavy atom. The Morgan fingerprint density at radius 1 is 1.06 bits per heavy atom. The average Bonchev–Trinajstić information content (AvgIpc) is 3.75. The summed E-state index contributed by atoms with van der Waals surface area (Å²) in [4.78, 5) is 23.0. The first-order valence-electron chi connectivity index (χ1n) is 17.2. The molecule has 50 heavy (non-hydrogen) atoms. The summed E-state index contributed by atoms with van der Waals surface area (Å²) < 4.78 is 26.8. The summed E-state index contributed by atoms with van der Waals surface area (Å²) in [5, 5.41) is 19.9. The van der Waals surface area contributed by atoms with E-state index in [1.165, 1.54) is 13.3 Å². The number of nitrogens with zero attached hydrogens (tertiary/aromatic N) is 9. The minimum atomic E-state index is -0.313. The molecule has 2 aliphatic rings. The summed E-state index contributed by atoms with van der Waals surface area (Å²) in [5.74, 6) is 1.08. The van der Waals surface area contributed by atoms with Gasteiger partial charge in [0.2, 0.25) is 5.95 Å². The number of aromatic nitrogens is 8. The number of carbonyl (C=O) groups excluding carboxylic acids is 1. The maximum Gasteiger partial charge on any atom is 0.302 e. The zero-order valence-corrected chi connectivity index (χ0v) is 29.7. The van der Waals surface area contributed by atoms with E-state index >= 15 is 0 Å². The van der Waals surface area contributed by atoms with Gasteiger partial charge in [0, 0.05) is 50.4 Å². The lowest BCUT2D eigenvalue weighted by molar-refractivity contribution is -0.141. The minimum absolute atomic E-state index is 0.222. The highest BCUT2D eigenvalue weighted by Gasteiger charge is 2.32. The number of carbonyl (C=O) groups is 1. The van der Waals surface area contributed by atoms with Crippen molar-refractivity contribution in [1.29, 1.82) is 0 Å². The number of anilines is 2. The molecular weight excluding hydrogens is 664 g/mol. The van der Waals surface area contributed by atoms with Crippen LogP contribution in [0.4, 0.5) is 11.6 Å². The van der Waals surface area contributed by atoms with Crippen molar-refractivity contribution in [2.75, 3.05) is 31.6 Å². The molecule has 3 aromatic heterocycles. The molecule has 3 atom stereocenters. The molecule has 0 radical (unpaired) electrons. The Morgan fingerprint density at radius 2 is 1.80 bits per heavy atom. The second-order valence-corrected chi connectivity index (χ2v) is 13.5. The van der Waals surface area contributed by atoms with Crippen LogP contribution in [-0.2, 0) is 20.8 Å². The topological polar surface area (TPSA) is 156 Å². The fraction of sp³-hybridized carbons (Fsp3) is 0.559. The molecule has 0 spiro atoms. The molecule has 268 valence electrons. The fourth-order valence-electron chi connectivity index (χ4n) is 6.62. The first-order valence-corrected chi connectivity index (χ1v) is 17.6. The average molecular weight is 709 g/mol. The Bertz CT molecular complexity index is 1670. The summed E-state index contributed by atoms with van der Waals surface area (Å²) in [6, 6.07) is 6.36. The summed E-state index contributed by atoms with van der Waals surface area (Å²) in [5.41, 5.74) is 2.32. The molecule has 0 amide bonds. The number of benzene rings is 1. The number of nitrogens with one attached hydrogen (secondary N) is 1. The van der Waals surface area contributed by atoms with Crippen LogP contribution in [0.1, 0.15) is 65.8 Å². The number of tetrazole rings is 1. The van der Waals surface area contributed by atoms with Gasteiger partial charge < -0.3 is 24.3 Å². The Labute approximate surface area is 296 Å². The van der Waals surface area contributed by atoms with Gasteiger partial charge in [-0.05, 0) is 74.6 Å². The van der Waals surface area contributed by atoms with Gasteiger partial charge in [0.1, 0.15) is 23.9 Å². The Kier molecular flexibility index (Phi) is 11.8. The smallest absolute Gasteiger partial charge is 0.302 e. The third-order valence-corrected chi connectivity index (χ3v) is 9.17. The molecule has 1 aliphatic carbocycles. The van der Waals surface area contributed by atoms with E-state index in [1.807, 2.05) is 29.9 Å². The third-order valence-electron chi connectivity index (χ3n) is 8.86. The lowest BCUT2D eigenvalue weighted by atomic mass is 9.89. The predicted octanol–water partition coefficient (Wildman–Crippen LogP) is 5.12. The maximum atomic E-state index is 11.2. The molecule has 4 heterocycles. The largest absolute Gasteiger partial charge is 0.487 e. The second kappa shape index (κ2) is 16.6. The zero-order chi connectivity index (χ0) is 35.0. The summed E-state index contributed by atoms with van der Waals surface area (Å²) >= 11 is 6.46. The van der Waals surface area contributed by atoms with Gasteiger partial charge in [-0.3, -0.25) is 14.4 Å².